The number of hydrogen-bond donors (Lipinski definition) is 0. The first-order valence-electron chi connectivity index (χ1n) is 24.1. The maximum Gasteiger partial charge on any atom is 0.164 e. The van der Waals surface area contributed by atoms with Gasteiger partial charge in [0.2, 0.25) is 0 Å². The molecule has 0 aliphatic heterocycles. The Kier molecular flexibility index (Phi) is 8.10. The van der Waals surface area contributed by atoms with Gasteiger partial charge in [0.25, 0.3) is 0 Å². The van der Waals surface area contributed by atoms with Crippen molar-refractivity contribution in [3.63, 3.8) is 0 Å². The van der Waals surface area contributed by atoms with Crippen LogP contribution in [0, 0.1) is 0 Å². The average molecular weight is 873 g/mol. The van der Waals surface area contributed by atoms with Crippen LogP contribution in [0.25, 0.3) is 94.7 Å². The maximum absolute atomic E-state index is 5.36. The number of hydrogen-bond acceptors (Lipinski definition) is 3. The number of nitrogens with zero attached hydrogens (tertiary/aromatic N) is 4. The standard InChI is InChI=1S/C64H48N4/c1-62(2)34-35-63(3,4)56-38-57-50(37-55(56)62)49-33-28-39-16-8-9-19-44(39)58(49)68(57)43-30-26-41(27-31-43)60-65-59(40-17-6-5-7-18-40)66-61(67-60)42-29-32-48-47-22-12-15-25-53(47)64(54(48)36-42)51-23-13-10-20-45(51)46-21-11-14-24-52(46)64/h5-33,36-38H,34-35H2,1-4H3. The van der Waals surface area contributed by atoms with Crippen molar-refractivity contribution in [1.29, 1.82) is 0 Å². The lowest BCUT2D eigenvalue weighted by Crippen LogP contribution is -2.33. The van der Waals surface area contributed by atoms with E-state index in [-0.39, 0.29) is 10.8 Å². The number of benzene rings is 9. The molecule has 1 spiro atoms. The molecule has 2 heterocycles. The zero-order valence-corrected chi connectivity index (χ0v) is 38.7. The Morgan fingerprint density at radius 2 is 0.868 bits per heavy atom. The summed E-state index contributed by atoms with van der Waals surface area (Å²) in [4.78, 5) is 15.8. The van der Waals surface area contributed by atoms with Gasteiger partial charge in [-0.2, -0.15) is 0 Å². The Morgan fingerprint density at radius 3 is 1.50 bits per heavy atom. The van der Waals surface area contributed by atoms with E-state index in [9.17, 15) is 0 Å². The molecule has 14 rings (SSSR count). The zero-order valence-electron chi connectivity index (χ0n) is 38.7. The van der Waals surface area contributed by atoms with Crippen LogP contribution < -0.4 is 0 Å². The lowest BCUT2D eigenvalue weighted by molar-refractivity contribution is 0.332. The van der Waals surface area contributed by atoms with Crippen LogP contribution in [0.5, 0.6) is 0 Å². The molecule has 0 saturated heterocycles. The molecule has 0 atom stereocenters. The lowest BCUT2D eigenvalue weighted by Gasteiger charge is -2.42. The molecule has 0 N–H and O–H groups in total. The second-order valence-corrected chi connectivity index (χ2v) is 20.6. The molecule has 0 unspecified atom stereocenters. The maximum atomic E-state index is 5.36. The Labute approximate surface area is 396 Å². The summed E-state index contributed by atoms with van der Waals surface area (Å²) < 4.78 is 2.50. The van der Waals surface area contributed by atoms with Crippen molar-refractivity contribution < 1.29 is 0 Å². The van der Waals surface area contributed by atoms with E-state index in [1.54, 1.807) is 0 Å². The normalized spacial score (nSPS) is 15.6. The minimum absolute atomic E-state index is 0.0780. The zero-order chi connectivity index (χ0) is 45.5. The molecule has 0 fully saturated rings. The van der Waals surface area contributed by atoms with Gasteiger partial charge in [-0.1, -0.05) is 179 Å². The monoisotopic (exact) mass is 872 g/mol. The fourth-order valence-electron chi connectivity index (χ4n) is 12.4. The minimum atomic E-state index is -0.466. The third kappa shape index (κ3) is 5.40. The summed E-state index contributed by atoms with van der Waals surface area (Å²) in [7, 11) is 0. The molecule has 2 aromatic heterocycles. The van der Waals surface area contributed by atoms with Crippen LogP contribution in [-0.2, 0) is 16.2 Å². The molecule has 9 aromatic carbocycles. The highest BCUT2D eigenvalue weighted by Crippen LogP contribution is 2.63. The van der Waals surface area contributed by atoms with Gasteiger partial charge in [-0.05, 0) is 127 Å². The lowest BCUT2D eigenvalue weighted by atomic mass is 9.63. The van der Waals surface area contributed by atoms with Crippen molar-refractivity contribution in [3.8, 4) is 62.1 Å². The van der Waals surface area contributed by atoms with E-state index < -0.39 is 5.41 Å². The first-order chi connectivity index (χ1) is 33.2. The van der Waals surface area contributed by atoms with E-state index in [2.05, 4.69) is 208 Å². The first-order valence-corrected chi connectivity index (χ1v) is 24.1. The van der Waals surface area contributed by atoms with Crippen LogP contribution in [0.15, 0.2) is 194 Å². The van der Waals surface area contributed by atoms with Gasteiger partial charge in [0.15, 0.2) is 17.5 Å². The predicted octanol–water partition coefficient (Wildman–Crippen LogP) is 15.8. The van der Waals surface area contributed by atoms with Gasteiger partial charge in [0.05, 0.1) is 16.4 Å². The van der Waals surface area contributed by atoms with Crippen LogP contribution in [0.3, 0.4) is 0 Å². The molecule has 0 amide bonds. The van der Waals surface area contributed by atoms with Gasteiger partial charge >= 0.3 is 0 Å². The summed E-state index contributed by atoms with van der Waals surface area (Å²) in [5.74, 6) is 1.94. The van der Waals surface area contributed by atoms with Gasteiger partial charge in [-0.25, -0.2) is 15.0 Å². The molecule has 0 radical (unpaired) electrons. The van der Waals surface area contributed by atoms with E-state index in [4.69, 9.17) is 15.0 Å². The SMILES string of the molecule is CC1(C)CCC(C)(C)c2cc3c(cc21)c1ccc2ccccc2c1n3-c1ccc(-c2nc(-c3ccccc3)nc(-c3ccc4c(c3)C3(c5ccccc5-c5ccccc53)c3ccccc3-4)n2)cc1. The van der Waals surface area contributed by atoms with E-state index in [0.29, 0.717) is 17.5 Å². The third-order valence-electron chi connectivity index (χ3n) is 15.9. The largest absolute Gasteiger partial charge is 0.309 e. The number of fused-ring (bicyclic) bond motifs is 16. The number of aromatic nitrogens is 4. The molecule has 11 aromatic rings. The van der Waals surface area contributed by atoms with Crippen LogP contribution in [0.4, 0.5) is 0 Å². The fourth-order valence-corrected chi connectivity index (χ4v) is 12.4. The summed E-state index contributed by atoms with van der Waals surface area (Å²) in [6, 6.07) is 71.3. The second kappa shape index (κ2) is 14.0. The molecule has 3 aliphatic carbocycles. The van der Waals surface area contributed by atoms with Crippen molar-refractivity contribution in [3.05, 3.63) is 228 Å². The number of rotatable bonds is 4. The summed E-state index contributed by atoms with van der Waals surface area (Å²) in [6.45, 7) is 9.68. The Hall–Kier alpha value is -7.95. The topological polar surface area (TPSA) is 43.6 Å². The van der Waals surface area contributed by atoms with Crippen molar-refractivity contribution >= 4 is 32.6 Å². The first kappa shape index (κ1) is 39.2. The quantitative estimate of drug-likeness (QED) is 0.177. The van der Waals surface area contributed by atoms with Crippen molar-refractivity contribution in [2.24, 2.45) is 0 Å². The van der Waals surface area contributed by atoms with Crippen LogP contribution in [0.1, 0.15) is 73.9 Å². The fraction of sp³-hybridized carbons (Fsp3) is 0.141. The van der Waals surface area contributed by atoms with E-state index >= 15 is 0 Å². The molecule has 4 nitrogen and oxygen atoms in total. The molecule has 4 heteroatoms. The molecular weight excluding hydrogens is 825 g/mol. The van der Waals surface area contributed by atoms with Gasteiger partial charge in [-0.3, -0.25) is 0 Å². The van der Waals surface area contributed by atoms with Crippen LogP contribution >= 0.6 is 0 Å². The smallest absolute Gasteiger partial charge is 0.164 e. The van der Waals surface area contributed by atoms with Crippen molar-refractivity contribution in [2.75, 3.05) is 0 Å². The highest BCUT2D eigenvalue weighted by Gasteiger charge is 2.51. The van der Waals surface area contributed by atoms with Crippen molar-refractivity contribution in [2.45, 2.75) is 56.8 Å². The Bertz CT molecular complexity index is 3850. The van der Waals surface area contributed by atoms with Crippen LogP contribution in [-0.4, -0.2) is 19.5 Å². The summed E-state index contributed by atoms with van der Waals surface area (Å²) in [5, 5.41) is 5.07. The molecular formula is C64H48N4. The Balaban J connectivity index is 0.952. The molecule has 3 aliphatic rings. The minimum Gasteiger partial charge on any atom is -0.309 e. The van der Waals surface area contributed by atoms with E-state index in [1.165, 1.54) is 94.6 Å². The highest BCUT2D eigenvalue weighted by molar-refractivity contribution is 6.19. The third-order valence-corrected chi connectivity index (χ3v) is 15.9. The summed E-state index contributed by atoms with van der Waals surface area (Å²) in [5.41, 5.74) is 19.4. The molecule has 324 valence electrons. The van der Waals surface area contributed by atoms with E-state index in [0.717, 1.165) is 28.8 Å². The summed E-state index contributed by atoms with van der Waals surface area (Å²) >= 11 is 0. The van der Waals surface area contributed by atoms with Crippen molar-refractivity contribution in [1.82, 2.24) is 19.5 Å². The van der Waals surface area contributed by atoms with Gasteiger partial charge in [-0.15, -0.1) is 0 Å². The van der Waals surface area contributed by atoms with Gasteiger partial charge in [0.1, 0.15) is 0 Å². The highest BCUT2D eigenvalue weighted by atomic mass is 15.0. The van der Waals surface area contributed by atoms with Crippen LogP contribution in [0.2, 0.25) is 0 Å². The molecule has 68 heavy (non-hydrogen) atoms. The van der Waals surface area contributed by atoms with Gasteiger partial charge < -0.3 is 4.57 Å². The molecule has 0 bridgehead atoms. The van der Waals surface area contributed by atoms with E-state index in [1.807, 2.05) is 18.2 Å². The average Bonchev–Trinajstić information content (AvgIpc) is 3.99. The second-order valence-electron chi connectivity index (χ2n) is 20.6. The summed E-state index contributed by atoms with van der Waals surface area (Å²) in [6.07, 6.45) is 2.34. The molecule has 0 saturated carbocycles. The Morgan fingerprint density at radius 1 is 0.368 bits per heavy atom. The van der Waals surface area contributed by atoms with Gasteiger partial charge in [0, 0.05) is 38.5 Å². The predicted molar refractivity (Wildman–Crippen MR) is 280 cm³/mol.